The fourth-order valence-electron chi connectivity index (χ4n) is 1.97. The van der Waals surface area contributed by atoms with Gasteiger partial charge in [-0.25, -0.2) is 14.3 Å². The standard InChI is InChI=1S/C10H12N4O6S2.K/c1-5-8(9(17)14(5)22(18,19)20)13-7(16)2-6-3-21-10(12-6)11-4-15;/h3-5,8H,2H2,1H3,(H,13,16)(H,11,12,15)(H,18,19,20);/q;+1/p-1. The Bertz CT molecular complexity index is 733. The second kappa shape index (κ2) is 8.11. The molecule has 10 nitrogen and oxygen atoms in total. The molecule has 2 amide bonds. The molecule has 0 bridgehead atoms. The minimum absolute atomic E-state index is 0. The van der Waals surface area contributed by atoms with E-state index in [2.05, 4.69) is 15.3 Å². The molecule has 2 N–H and O–H groups in total. The second-order valence-electron chi connectivity index (χ2n) is 4.43. The van der Waals surface area contributed by atoms with E-state index in [1.807, 2.05) is 0 Å². The van der Waals surface area contributed by atoms with Crippen molar-refractivity contribution in [2.24, 2.45) is 4.99 Å². The largest absolute Gasteiger partial charge is 1.00 e. The van der Waals surface area contributed by atoms with Gasteiger partial charge in [0.25, 0.3) is 5.91 Å². The zero-order chi connectivity index (χ0) is 16.5. The molecule has 0 radical (unpaired) electrons. The van der Waals surface area contributed by atoms with Gasteiger partial charge in [0.1, 0.15) is 6.04 Å². The molecule has 2 unspecified atom stereocenters. The van der Waals surface area contributed by atoms with Gasteiger partial charge in [0.05, 0.1) is 18.2 Å². The van der Waals surface area contributed by atoms with Crippen LogP contribution in [0.4, 0.5) is 5.13 Å². The molecule has 0 aliphatic carbocycles. The third-order valence-electron chi connectivity index (χ3n) is 2.95. The molecule has 13 heteroatoms. The molecule has 0 spiro atoms. The van der Waals surface area contributed by atoms with E-state index in [1.165, 1.54) is 6.92 Å². The van der Waals surface area contributed by atoms with Crippen LogP contribution in [0, 0.1) is 0 Å². The van der Waals surface area contributed by atoms with Gasteiger partial charge in [-0.05, 0) is 13.3 Å². The number of hydrogen-bond donors (Lipinski definition) is 2. The van der Waals surface area contributed by atoms with Gasteiger partial charge >= 0.3 is 61.7 Å². The van der Waals surface area contributed by atoms with Crippen molar-refractivity contribution < 1.29 is 79.1 Å². The molecule has 1 aromatic rings. The number of thiazole rings is 1. The number of carbonyl (C=O) groups excluding carboxylic acids is 2. The molecule has 23 heavy (non-hydrogen) atoms. The van der Waals surface area contributed by atoms with Crippen LogP contribution in [-0.4, -0.2) is 52.6 Å². The average Bonchev–Trinajstić information content (AvgIpc) is 2.82. The fourth-order valence-corrected chi connectivity index (χ4v) is 3.51. The Labute approximate surface area is 178 Å². The summed E-state index contributed by atoms with van der Waals surface area (Å²) in [5, 5.41) is 14.3. The summed E-state index contributed by atoms with van der Waals surface area (Å²) >= 11 is 1.08. The molecule has 1 aromatic heterocycles. The molecule has 2 atom stereocenters. The average molecular weight is 386 g/mol. The number of nitrogens with zero attached hydrogens (tertiary/aromatic N) is 3. The zero-order valence-corrected chi connectivity index (χ0v) is 16.9. The number of hydrogen-bond acceptors (Lipinski definition) is 8. The number of rotatable bonds is 5. The van der Waals surface area contributed by atoms with E-state index in [0.29, 0.717) is 16.4 Å². The van der Waals surface area contributed by atoms with Crippen molar-refractivity contribution in [3.63, 3.8) is 0 Å². The Morgan fingerprint density at radius 1 is 1.65 bits per heavy atom. The summed E-state index contributed by atoms with van der Waals surface area (Å²) in [5.74, 6) is -1.44. The van der Waals surface area contributed by atoms with Crippen molar-refractivity contribution in [2.75, 3.05) is 0 Å². The third-order valence-corrected chi connectivity index (χ3v) is 4.75. The maximum atomic E-state index is 11.8. The van der Waals surface area contributed by atoms with Gasteiger partial charge in [-0.3, -0.25) is 14.1 Å². The fraction of sp³-hybridized carbons (Fsp3) is 0.400. The first-order valence-electron chi connectivity index (χ1n) is 5.93. The van der Waals surface area contributed by atoms with Crippen LogP contribution < -0.4 is 61.8 Å². The van der Waals surface area contributed by atoms with E-state index in [0.717, 1.165) is 11.3 Å². The Hall–Kier alpha value is -0.414. The normalized spacial score (nSPS) is 21.0. The van der Waals surface area contributed by atoms with Crippen molar-refractivity contribution in [3.8, 4) is 0 Å². The van der Waals surface area contributed by atoms with Crippen molar-refractivity contribution in [1.82, 2.24) is 14.6 Å². The van der Waals surface area contributed by atoms with E-state index >= 15 is 0 Å². The van der Waals surface area contributed by atoms with E-state index in [9.17, 15) is 23.1 Å². The van der Waals surface area contributed by atoms with Crippen LogP contribution in [0.15, 0.2) is 10.4 Å². The number of nitrogens with one attached hydrogen (secondary N) is 1. The molecule has 0 saturated carbocycles. The monoisotopic (exact) mass is 386 g/mol. The van der Waals surface area contributed by atoms with Crippen molar-refractivity contribution >= 4 is 45.0 Å². The Morgan fingerprint density at radius 2 is 2.30 bits per heavy atom. The van der Waals surface area contributed by atoms with Crippen molar-refractivity contribution in [2.45, 2.75) is 25.4 Å². The van der Waals surface area contributed by atoms with Gasteiger partial charge in [0.15, 0.2) is 0 Å². The number of aromatic nitrogens is 1. The topological polar surface area (TPSA) is 152 Å². The number of aliphatic imine (C=N–C) groups is 1. The molecule has 2 rings (SSSR count). The summed E-state index contributed by atoms with van der Waals surface area (Å²) in [4.78, 5) is 30.7. The minimum Gasteiger partial charge on any atom is -0.864 e. The first-order valence-corrected chi connectivity index (χ1v) is 8.20. The summed E-state index contributed by atoms with van der Waals surface area (Å²) in [6, 6.07) is -1.89. The molecular weight excluding hydrogens is 375 g/mol. The van der Waals surface area contributed by atoms with Gasteiger partial charge in [-0.1, -0.05) is 0 Å². The molecule has 1 saturated heterocycles. The van der Waals surface area contributed by atoms with E-state index in [1.54, 1.807) is 5.38 Å². The SMILES string of the molecule is CC1C(NC(=O)Cc2csc(N=C[O-])n2)C(=O)N1S(=O)(=O)O.[K+]. The van der Waals surface area contributed by atoms with Gasteiger partial charge in [0.2, 0.25) is 11.0 Å². The number of β-lactam (4-membered cyclic amide) rings is 1. The summed E-state index contributed by atoms with van der Waals surface area (Å²) < 4.78 is 31.0. The summed E-state index contributed by atoms with van der Waals surface area (Å²) in [6.45, 7) is 1.38. The molecule has 1 aliphatic heterocycles. The molecule has 1 aliphatic rings. The van der Waals surface area contributed by atoms with Gasteiger partial charge < -0.3 is 10.4 Å². The first kappa shape index (κ1) is 20.6. The smallest absolute Gasteiger partial charge is 0.864 e. The van der Waals surface area contributed by atoms with Crippen LogP contribution in [0.25, 0.3) is 0 Å². The van der Waals surface area contributed by atoms with Crippen LogP contribution in [0.5, 0.6) is 0 Å². The summed E-state index contributed by atoms with van der Waals surface area (Å²) in [5.41, 5.74) is 0.370. The summed E-state index contributed by atoms with van der Waals surface area (Å²) in [7, 11) is -4.62. The minimum atomic E-state index is -4.62. The first-order chi connectivity index (χ1) is 10.2. The zero-order valence-electron chi connectivity index (χ0n) is 12.2. The number of amides is 2. The predicted molar refractivity (Wildman–Crippen MR) is 73.8 cm³/mol. The van der Waals surface area contributed by atoms with Crippen LogP contribution in [0.2, 0.25) is 0 Å². The maximum Gasteiger partial charge on any atom is 1.00 e. The van der Waals surface area contributed by atoms with Crippen LogP contribution >= 0.6 is 11.3 Å². The molecule has 120 valence electrons. The van der Waals surface area contributed by atoms with E-state index < -0.39 is 34.2 Å². The summed E-state index contributed by atoms with van der Waals surface area (Å²) in [6.07, 6.45) is 0.189. The molecule has 2 heterocycles. The van der Waals surface area contributed by atoms with Gasteiger partial charge in [-0.2, -0.15) is 8.42 Å². The van der Waals surface area contributed by atoms with Gasteiger partial charge in [-0.15, -0.1) is 11.3 Å². The Kier molecular flexibility index (Phi) is 7.27. The van der Waals surface area contributed by atoms with Crippen LogP contribution in [0.1, 0.15) is 12.6 Å². The number of carbonyl (C=O) groups is 2. The Balaban J connectivity index is 0.00000264. The van der Waals surface area contributed by atoms with Crippen molar-refractivity contribution in [3.05, 3.63) is 11.1 Å². The quantitative estimate of drug-likeness (QED) is 0.169. The van der Waals surface area contributed by atoms with E-state index in [-0.39, 0.29) is 62.9 Å². The van der Waals surface area contributed by atoms with Crippen LogP contribution in [-0.2, 0) is 26.3 Å². The van der Waals surface area contributed by atoms with Gasteiger partial charge in [0, 0.05) is 5.38 Å². The molecule has 0 aromatic carbocycles. The molecular formula is C10H11KN4O6S2. The van der Waals surface area contributed by atoms with Crippen molar-refractivity contribution in [1.29, 1.82) is 0 Å². The third kappa shape index (κ3) is 4.79. The predicted octanol–water partition coefficient (Wildman–Crippen LogP) is -4.77. The Morgan fingerprint density at radius 3 is 2.83 bits per heavy atom. The second-order valence-corrected chi connectivity index (χ2v) is 6.56. The van der Waals surface area contributed by atoms with E-state index in [4.69, 9.17) is 4.55 Å². The van der Waals surface area contributed by atoms with Crippen LogP contribution in [0.3, 0.4) is 0 Å². The molecule has 1 fully saturated rings. The maximum absolute atomic E-state index is 11.8.